The molecule has 0 radical (unpaired) electrons. The molecule has 2 amide bonds. The van der Waals surface area contributed by atoms with Gasteiger partial charge in [-0.25, -0.2) is 4.98 Å². The summed E-state index contributed by atoms with van der Waals surface area (Å²) < 4.78 is 10.7. The molecular weight excluding hydrogens is 402 g/mol. The molecule has 1 aliphatic rings. The second-order valence-electron chi connectivity index (χ2n) is 7.50. The molecule has 1 aliphatic carbocycles. The van der Waals surface area contributed by atoms with Gasteiger partial charge >= 0.3 is 0 Å². The zero-order valence-corrected chi connectivity index (χ0v) is 17.5. The molecule has 3 heterocycles. The molecule has 0 atom stereocenters. The number of rotatable bonds is 8. The molecule has 4 rings (SSSR count). The van der Waals surface area contributed by atoms with Crippen molar-refractivity contribution in [2.75, 3.05) is 0 Å². The molecule has 1 N–H and O–H groups in total. The first-order chi connectivity index (χ1) is 14.7. The van der Waals surface area contributed by atoms with Crippen molar-refractivity contribution in [1.29, 1.82) is 0 Å². The molecule has 0 saturated heterocycles. The first-order valence-electron chi connectivity index (χ1n) is 10.2. The van der Waals surface area contributed by atoms with Gasteiger partial charge in [-0.15, -0.1) is 11.3 Å². The van der Waals surface area contributed by atoms with Crippen LogP contribution in [-0.2, 0) is 24.4 Å². The number of thiazole rings is 1. The lowest BCUT2D eigenvalue weighted by Gasteiger charge is -2.28. The number of furan rings is 2. The maximum absolute atomic E-state index is 13.2. The molecule has 0 aliphatic heterocycles. The summed E-state index contributed by atoms with van der Waals surface area (Å²) in [4.78, 5) is 31.8. The van der Waals surface area contributed by atoms with Gasteiger partial charge in [0, 0.05) is 11.3 Å². The van der Waals surface area contributed by atoms with Gasteiger partial charge < -0.3 is 19.1 Å². The smallest absolute Gasteiger partial charge is 0.271 e. The maximum Gasteiger partial charge on any atom is 0.271 e. The predicted molar refractivity (Wildman–Crippen MR) is 112 cm³/mol. The van der Waals surface area contributed by atoms with Gasteiger partial charge in [0.2, 0.25) is 5.91 Å². The Morgan fingerprint density at radius 3 is 2.50 bits per heavy atom. The van der Waals surface area contributed by atoms with E-state index in [4.69, 9.17) is 8.83 Å². The maximum atomic E-state index is 13.2. The Bertz CT molecular complexity index is 943. The van der Waals surface area contributed by atoms with Gasteiger partial charge in [0.1, 0.15) is 22.2 Å². The molecule has 158 valence electrons. The Kier molecular flexibility index (Phi) is 6.63. The van der Waals surface area contributed by atoms with Gasteiger partial charge in [-0.1, -0.05) is 19.3 Å². The monoisotopic (exact) mass is 427 g/mol. The van der Waals surface area contributed by atoms with Crippen LogP contribution in [0.3, 0.4) is 0 Å². The Hall–Kier alpha value is -2.87. The van der Waals surface area contributed by atoms with E-state index < -0.39 is 0 Å². The first kappa shape index (κ1) is 20.4. The molecule has 30 heavy (non-hydrogen) atoms. The van der Waals surface area contributed by atoms with Crippen molar-refractivity contribution in [3.05, 3.63) is 64.4 Å². The molecule has 0 unspecified atom stereocenters. The summed E-state index contributed by atoms with van der Waals surface area (Å²) in [7, 11) is 0. The van der Waals surface area contributed by atoms with Crippen LogP contribution in [0.1, 0.15) is 59.1 Å². The number of carbonyl (C=O) groups is 2. The lowest BCUT2D eigenvalue weighted by molar-refractivity contribution is -0.138. The summed E-state index contributed by atoms with van der Waals surface area (Å²) in [5.74, 6) is 1.37. The third kappa shape index (κ3) is 5.18. The van der Waals surface area contributed by atoms with Crippen molar-refractivity contribution in [1.82, 2.24) is 15.2 Å². The highest BCUT2D eigenvalue weighted by Crippen LogP contribution is 2.27. The molecule has 0 spiro atoms. The quantitative estimate of drug-likeness (QED) is 0.577. The van der Waals surface area contributed by atoms with E-state index in [9.17, 15) is 9.59 Å². The van der Waals surface area contributed by atoms with Crippen LogP contribution >= 0.6 is 11.3 Å². The number of hydrogen-bond donors (Lipinski definition) is 1. The molecule has 1 saturated carbocycles. The van der Waals surface area contributed by atoms with Crippen LogP contribution in [0.4, 0.5) is 0 Å². The fourth-order valence-electron chi connectivity index (χ4n) is 3.73. The molecule has 3 aromatic heterocycles. The number of aromatic nitrogens is 1. The Morgan fingerprint density at radius 1 is 1.07 bits per heavy atom. The van der Waals surface area contributed by atoms with Gasteiger partial charge in [0.25, 0.3) is 5.91 Å². The van der Waals surface area contributed by atoms with E-state index in [0.29, 0.717) is 31.1 Å². The predicted octanol–water partition coefficient (Wildman–Crippen LogP) is 4.37. The molecule has 8 heteroatoms. The van der Waals surface area contributed by atoms with E-state index in [1.54, 1.807) is 34.9 Å². The van der Waals surface area contributed by atoms with Crippen LogP contribution in [0, 0.1) is 5.92 Å². The van der Waals surface area contributed by atoms with Gasteiger partial charge in [-0.05, 0) is 37.1 Å². The Balaban J connectivity index is 1.41. The minimum Gasteiger partial charge on any atom is -0.467 e. The third-order valence-corrected chi connectivity index (χ3v) is 6.14. The van der Waals surface area contributed by atoms with Crippen LogP contribution < -0.4 is 5.32 Å². The van der Waals surface area contributed by atoms with E-state index in [2.05, 4.69) is 10.3 Å². The molecule has 0 aromatic carbocycles. The summed E-state index contributed by atoms with van der Waals surface area (Å²) in [5, 5.41) is 5.25. The van der Waals surface area contributed by atoms with E-state index >= 15 is 0 Å². The molecule has 3 aromatic rings. The second-order valence-corrected chi connectivity index (χ2v) is 8.44. The van der Waals surface area contributed by atoms with Crippen LogP contribution in [0.15, 0.2) is 51.0 Å². The van der Waals surface area contributed by atoms with E-state index in [0.717, 1.165) is 36.5 Å². The highest BCUT2D eigenvalue weighted by molar-refractivity contribution is 7.09. The van der Waals surface area contributed by atoms with E-state index in [-0.39, 0.29) is 17.7 Å². The second kappa shape index (κ2) is 9.75. The molecule has 0 bridgehead atoms. The zero-order valence-electron chi connectivity index (χ0n) is 16.7. The normalized spacial score (nSPS) is 14.5. The average Bonchev–Trinajstić information content (AvgIpc) is 3.55. The SMILES string of the molecule is O=C(NCc1ccco1)c1csc(CN(Cc2ccco2)C(=O)C2CCCCC2)n1. The largest absolute Gasteiger partial charge is 0.467 e. The Morgan fingerprint density at radius 2 is 1.80 bits per heavy atom. The Labute approximate surface area is 179 Å². The molecule has 7 nitrogen and oxygen atoms in total. The van der Waals surface area contributed by atoms with Crippen molar-refractivity contribution in [3.8, 4) is 0 Å². The topological polar surface area (TPSA) is 88.6 Å². The number of nitrogens with one attached hydrogen (secondary N) is 1. The zero-order chi connectivity index (χ0) is 20.8. The number of amides is 2. The van der Waals surface area contributed by atoms with Gasteiger partial charge in [-0.2, -0.15) is 0 Å². The van der Waals surface area contributed by atoms with Gasteiger partial charge in [-0.3, -0.25) is 9.59 Å². The average molecular weight is 428 g/mol. The van der Waals surface area contributed by atoms with E-state index in [1.807, 2.05) is 12.1 Å². The fourth-order valence-corrected chi connectivity index (χ4v) is 4.52. The van der Waals surface area contributed by atoms with Crippen LogP contribution in [0.25, 0.3) is 0 Å². The van der Waals surface area contributed by atoms with E-state index in [1.165, 1.54) is 17.8 Å². The number of hydrogen-bond acceptors (Lipinski definition) is 6. The van der Waals surface area contributed by atoms with Crippen molar-refractivity contribution >= 4 is 23.2 Å². The van der Waals surface area contributed by atoms with Crippen molar-refractivity contribution in [3.63, 3.8) is 0 Å². The summed E-state index contributed by atoms with van der Waals surface area (Å²) >= 11 is 1.39. The number of carbonyl (C=O) groups excluding carboxylic acids is 2. The summed E-state index contributed by atoms with van der Waals surface area (Å²) in [6, 6.07) is 7.27. The summed E-state index contributed by atoms with van der Waals surface area (Å²) in [6.07, 6.45) is 8.45. The van der Waals surface area contributed by atoms with Crippen LogP contribution in [-0.4, -0.2) is 21.7 Å². The van der Waals surface area contributed by atoms with Crippen molar-refractivity contribution < 1.29 is 18.4 Å². The standard InChI is InChI=1S/C22H25N3O4S/c26-21(23-12-17-8-4-10-28-17)19-15-30-20(24-19)14-25(13-18-9-5-11-29-18)22(27)16-6-2-1-3-7-16/h4-5,8-11,15-16H,1-3,6-7,12-14H2,(H,23,26). The summed E-state index contributed by atoms with van der Waals surface area (Å²) in [5.41, 5.74) is 0.352. The summed E-state index contributed by atoms with van der Waals surface area (Å²) in [6.45, 7) is 1.08. The molecule has 1 fully saturated rings. The van der Waals surface area contributed by atoms with Crippen LogP contribution in [0.5, 0.6) is 0 Å². The number of nitrogens with zero attached hydrogens (tertiary/aromatic N) is 2. The fraction of sp³-hybridized carbons (Fsp3) is 0.409. The highest BCUT2D eigenvalue weighted by Gasteiger charge is 2.27. The lowest BCUT2D eigenvalue weighted by Crippen LogP contribution is -2.36. The minimum absolute atomic E-state index is 0.0599. The third-order valence-electron chi connectivity index (χ3n) is 5.31. The lowest BCUT2D eigenvalue weighted by atomic mass is 9.88. The van der Waals surface area contributed by atoms with Gasteiger partial charge in [0.15, 0.2) is 0 Å². The first-order valence-corrected chi connectivity index (χ1v) is 11.1. The molecular formula is C22H25N3O4S. The van der Waals surface area contributed by atoms with Gasteiger partial charge in [0.05, 0.1) is 32.2 Å². The highest BCUT2D eigenvalue weighted by atomic mass is 32.1. The van der Waals surface area contributed by atoms with Crippen molar-refractivity contribution in [2.24, 2.45) is 5.92 Å². The van der Waals surface area contributed by atoms with Crippen molar-refractivity contribution in [2.45, 2.75) is 51.7 Å². The minimum atomic E-state index is -0.259. The van der Waals surface area contributed by atoms with Crippen LogP contribution in [0.2, 0.25) is 0 Å².